The number of anilines is 2. The molecule has 3 heterocycles. The van der Waals surface area contributed by atoms with Crippen molar-refractivity contribution < 1.29 is 9.31 Å². The Morgan fingerprint density at radius 1 is 1.21 bits per heavy atom. The summed E-state index contributed by atoms with van der Waals surface area (Å²) in [4.78, 5) is 9.55. The fourth-order valence-electron chi connectivity index (χ4n) is 3.99. The minimum atomic E-state index is -0.322. The van der Waals surface area contributed by atoms with Gasteiger partial charge in [-0.1, -0.05) is 56.2 Å². The lowest BCUT2D eigenvalue weighted by molar-refractivity contribution is -0.0169. The van der Waals surface area contributed by atoms with Crippen LogP contribution in [0.1, 0.15) is 52.5 Å². The third-order valence-electron chi connectivity index (χ3n) is 6.27. The highest BCUT2D eigenvalue weighted by Gasteiger charge is 2.53. The number of nitrogens with one attached hydrogen (secondary N) is 2. The zero-order valence-electron chi connectivity index (χ0n) is 17.6. The summed E-state index contributed by atoms with van der Waals surface area (Å²) < 4.78 is 13.3. The van der Waals surface area contributed by atoms with E-state index < -0.39 is 0 Å². The van der Waals surface area contributed by atoms with Crippen molar-refractivity contribution in [1.29, 1.82) is 0 Å². The van der Waals surface area contributed by atoms with Crippen molar-refractivity contribution in [2.24, 2.45) is 0 Å². The first-order valence-corrected chi connectivity index (χ1v) is 10.7. The number of benzene rings is 1. The van der Waals surface area contributed by atoms with Crippen LogP contribution in [0, 0.1) is 4.64 Å². The number of aromatic nitrogens is 2. The van der Waals surface area contributed by atoms with E-state index in [2.05, 4.69) is 72.1 Å². The molecule has 0 bridgehead atoms. The van der Waals surface area contributed by atoms with Crippen LogP contribution in [0.4, 0.5) is 11.5 Å². The minimum absolute atomic E-state index is 0.275. The Kier molecular flexibility index (Phi) is 5.44. The molecule has 1 aromatic carbocycles. The number of nitrogens with zero attached hydrogens (tertiary/aromatic N) is 2. The Morgan fingerprint density at radius 2 is 1.97 bits per heavy atom. The molecule has 1 atom stereocenters. The van der Waals surface area contributed by atoms with Gasteiger partial charge < -0.3 is 24.5 Å². The van der Waals surface area contributed by atoms with E-state index in [0.29, 0.717) is 11.3 Å². The lowest BCUT2D eigenvalue weighted by Crippen LogP contribution is -2.44. The molecule has 1 saturated heterocycles. The van der Waals surface area contributed by atoms with Crippen LogP contribution in [-0.2, 0) is 15.9 Å². The van der Waals surface area contributed by atoms with E-state index in [-0.39, 0.29) is 18.3 Å². The highest BCUT2D eigenvalue weighted by molar-refractivity contribution is 7.71. The normalized spacial score (nSPS) is 22.6. The van der Waals surface area contributed by atoms with Gasteiger partial charge in [-0.25, -0.2) is 4.98 Å². The smallest absolute Gasteiger partial charge is 0.399 e. The molecule has 154 valence electrons. The Bertz CT molecular complexity index is 933. The van der Waals surface area contributed by atoms with Crippen LogP contribution >= 0.6 is 12.2 Å². The molecular weight excluding hydrogens is 383 g/mol. The number of hydrogen-bond acceptors (Lipinski definition) is 6. The van der Waals surface area contributed by atoms with Gasteiger partial charge in [-0.2, -0.15) is 0 Å². The molecule has 4 rings (SSSR count). The zero-order chi connectivity index (χ0) is 20.6. The van der Waals surface area contributed by atoms with Gasteiger partial charge in [-0.15, -0.1) is 0 Å². The summed E-state index contributed by atoms with van der Waals surface area (Å²) >= 11 is 5.29. The van der Waals surface area contributed by atoms with E-state index in [4.69, 9.17) is 21.5 Å². The third-order valence-corrected chi connectivity index (χ3v) is 6.58. The fourth-order valence-corrected chi connectivity index (χ4v) is 4.21. The van der Waals surface area contributed by atoms with Gasteiger partial charge in [0.1, 0.15) is 11.5 Å². The first-order valence-electron chi connectivity index (χ1n) is 10.3. The second-order valence-corrected chi connectivity index (χ2v) is 9.00. The van der Waals surface area contributed by atoms with Gasteiger partial charge in [0.25, 0.3) is 0 Å². The number of rotatable bonds is 6. The molecule has 1 fully saturated rings. The molecule has 2 aromatic rings. The summed E-state index contributed by atoms with van der Waals surface area (Å²) in [5, 5.41) is 3.32. The molecule has 1 unspecified atom stereocenters. The predicted molar refractivity (Wildman–Crippen MR) is 120 cm³/mol. The molecule has 2 aliphatic rings. The van der Waals surface area contributed by atoms with Gasteiger partial charge in [0, 0.05) is 6.54 Å². The average molecular weight is 412 g/mol. The Labute approximate surface area is 178 Å². The lowest BCUT2D eigenvalue weighted by atomic mass is 9.79. The van der Waals surface area contributed by atoms with E-state index in [1.165, 1.54) is 5.56 Å². The van der Waals surface area contributed by atoms with Crippen LogP contribution in [0.25, 0.3) is 0 Å². The third kappa shape index (κ3) is 3.81. The first kappa shape index (κ1) is 20.4. The number of fused-ring (bicyclic) bond motifs is 1. The first-order chi connectivity index (χ1) is 13.8. The zero-order valence-corrected chi connectivity index (χ0v) is 18.4. The Balaban J connectivity index is 1.46. The monoisotopic (exact) mass is 412 g/mol. The van der Waals surface area contributed by atoms with Gasteiger partial charge in [-0.05, 0) is 38.2 Å². The SMILES string of the molecule is CCCCC1(C)OB(c2ccc(CN3CNc4c3[nH]cnc4=S)cc2)OC1(C)C. The lowest BCUT2D eigenvalue weighted by Gasteiger charge is -2.36. The minimum Gasteiger partial charge on any atom is -0.399 e. The predicted octanol–water partition coefficient (Wildman–Crippen LogP) is 4.00. The molecule has 29 heavy (non-hydrogen) atoms. The number of unbranched alkanes of at least 4 members (excludes halogenated alkanes) is 1. The number of aromatic amines is 1. The topological polar surface area (TPSA) is 62.4 Å². The van der Waals surface area contributed by atoms with E-state index in [9.17, 15) is 0 Å². The van der Waals surface area contributed by atoms with Crippen molar-refractivity contribution >= 4 is 36.3 Å². The second kappa shape index (κ2) is 7.74. The van der Waals surface area contributed by atoms with Gasteiger partial charge >= 0.3 is 7.12 Å². The van der Waals surface area contributed by atoms with Crippen LogP contribution in [0.3, 0.4) is 0 Å². The molecule has 0 spiro atoms. The molecule has 0 amide bonds. The van der Waals surface area contributed by atoms with E-state index in [0.717, 1.165) is 42.8 Å². The van der Waals surface area contributed by atoms with Gasteiger partial charge in [0.05, 0.1) is 24.2 Å². The van der Waals surface area contributed by atoms with Crippen molar-refractivity contribution in [2.75, 3.05) is 16.9 Å². The highest BCUT2D eigenvalue weighted by atomic mass is 32.1. The number of H-pyrrole nitrogens is 1. The van der Waals surface area contributed by atoms with Crippen molar-refractivity contribution in [3.05, 3.63) is 40.8 Å². The maximum Gasteiger partial charge on any atom is 0.494 e. The van der Waals surface area contributed by atoms with Crippen molar-refractivity contribution in [3.8, 4) is 0 Å². The Morgan fingerprint density at radius 3 is 2.69 bits per heavy atom. The summed E-state index contributed by atoms with van der Waals surface area (Å²) in [5.41, 5.74) is 2.59. The molecule has 2 N–H and O–H groups in total. The van der Waals surface area contributed by atoms with Crippen LogP contribution in [-0.4, -0.2) is 35.0 Å². The van der Waals surface area contributed by atoms with Crippen LogP contribution in [0.15, 0.2) is 30.6 Å². The van der Waals surface area contributed by atoms with E-state index >= 15 is 0 Å². The van der Waals surface area contributed by atoms with Crippen LogP contribution in [0.5, 0.6) is 0 Å². The van der Waals surface area contributed by atoms with E-state index in [1.54, 1.807) is 6.33 Å². The molecule has 0 saturated carbocycles. The van der Waals surface area contributed by atoms with Crippen LogP contribution in [0.2, 0.25) is 0 Å². The molecule has 0 radical (unpaired) electrons. The maximum absolute atomic E-state index is 6.42. The Hall–Kier alpha value is -1.90. The highest BCUT2D eigenvalue weighted by Crippen LogP contribution is 2.40. The summed E-state index contributed by atoms with van der Waals surface area (Å²) in [6.45, 7) is 10.1. The van der Waals surface area contributed by atoms with Crippen molar-refractivity contribution in [3.63, 3.8) is 0 Å². The van der Waals surface area contributed by atoms with Gasteiger partial charge in [-0.3, -0.25) is 0 Å². The fraction of sp³-hybridized carbons (Fsp3) is 0.524. The second-order valence-electron chi connectivity index (χ2n) is 8.62. The molecule has 2 aliphatic heterocycles. The largest absolute Gasteiger partial charge is 0.494 e. The average Bonchev–Trinajstić information content (AvgIpc) is 3.20. The molecule has 8 heteroatoms. The van der Waals surface area contributed by atoms with Crippen molar-refractivity contribution in [2.45, 2.75) is 64.7 Å². The van der Waals surface area contributed by atoms with Gasteiger partial charge in [0.2, 0.25) is 0 Å². The molecule has 1 aromatic heterocycles. The molecular formula is C21H29BN4O2S. The number of hydrogen-bond donors (Lipinski definition) is 2. The van der Waals surface area contributed by atoms with E-state index in [1.807, 2.05) is 0 Å². The summed E-state index contributed by atoms with van der Waals surface area (Å²) in [6.07, 6.45) is 4.95. The van der Waals surface area contributed by atoms with Gasteiger partial charge in [0.15, 0.2) is 4.64 Å². The standard InChI is InChI=1S/C21H29BN4O2S/c1-5-6-11-21(4)20(2,3)27-22(28-21)16-9-7-15(8-10-16)12-26-14-25-17-18(26)23-13-24-19(17)29/h7-10,13,25H,5-6,11-12,14H2,1-4H3,(H,23,24,29). The molecule has 6 nitrogen and oxygen atoms in total. The molecule has 0 aliphatic carbocycles. The summed E-state index contributed by atoms with van der Waals surface area (Å²) in [6, 6.07) is 8.51. The van der Waals surface area contributed by atoms with Crippen LogP contribution < -0.4 is 15.7 Å². The summed E-state index contributed by atoms with van der Waals surface area (Å²) in [5.74, 6) is 0.991. The quantitative estimate of drug-likeness (QED) is 0.553. The summed E-state index contributed by atoms with van der Waals surface area (Å²) in [7, 11) is -0.322. The maximum atomic E-state index is 6.42. The van der Waals surface area contributed by atoms with Crippen molar-refractivity contribution in [1.82, 2.24) is 9.97 Å².